The van der Waals surface area contributed by atoms with E-state index in [0.29, 0.717) is 11.7 Å². The topological polar surface area (TPSA) is 22.1 Å². The average molecular weight is 181 g/mol. The maximum atomic E-state index is 5.18. The maximum Gasteiger partial charge on any atom is 0.210 e. The second-order valence-corrected chi connectivity index (χ2v) is 2.76. The predicted molar refractivity (Wildman–Crippen MR) is 52.3 cm³/mol. The van der Waals surface area contributed by atoms with Crippen LogP contribution in [-0.2, 0) is 4.74 Å². The van der Waals surface area contributed by atoms with Crippen molar-refractivity contribution in [3.05, 3.63) is 29.6 Å². The van der Waals surface area contributed by atoms with Gasteiger partial charge in [-0.3, -0.25) is 4.98 Å². The molecule has 0 unspecified atom stereocenters. The third kappa shape index (κ3) is 2.01. The lowest BCUT2D eigenvalue weighted by molar-refractivity contribution is 0.336. The van der Waals surface area contributed by atoms with Crippen molar-refractivity contribution in [2.45, 2.75) is 13.8 Å². The third-order valence-corrected chi connectivity index (χ3v) is 1.79. The van der Waals surface area contributed by atoms with E-state index in [1.54, 1.807) is 6.20 Å². The number of thiocarbonyl (C=S) groups is 1. The molecule has 1 rings (SSSR count). The molecule has 0 aromatic carbocycles. The van der Waals surface area contributed by atoms with Crippen LogP contribution in [0.2, 0.25) is 0 Å². The molecule has 12 heavy (non-hydrogen) atoms. The van der Waals surface area contributed by atoms with E-state index in [2.05, 4.69) is 4.98 Å². The Labute approximate surface area is 77.6 Å². The van der Waals surface area contributed by atoms with Crippen molar-refractivity contribution in [3.63, 3.8) is 0 Å². The molecule has 0 spiro atoms. The molecule has 0 radical (unpaired) electrons. The number of ether oxygens (including phenoxy) is 1. The van der Waals surface area contributed by atoms with Crippen LogP contribution in [0.25, 0.3) is 0 Å². The second-order valence-electron chi connectivity index (χ2n) is 2.39. The smallest absolute Gasteiger partial charge is 0.210 e. The van der Waals surface area contributed by atoms with Crippen molar-refractivity contribution in [1.82, 2.24) is 4.98 Å². The van der Waals surface area contributed by atoms with Crippen LogP contribution in [0.4, 0.5) is 0 Å². The Kier molecular flexibility index (Phi) is 3.17. The van der Waals surface area contributed by atoms with Crippen LogP contribution in [0.15, 0.2) is 18.3 Å². The highest BCUT2D eigenvalue weighted by atomic mass is 32.1. The summed E-state index contributed by atoms with van der Waals surface area (Å²) in [6, 6.07) is 3.85. The normalized spacial score (nSPS) is 9.50. The lowest BCUT2D eigenvalue weighted by Gasteiger charge is -2.05. The predicted octanol–water partition coefficient (Wildman–Crippen LogP) is 2.10. The molecule has 1 heterocycles. The van der Waals surface area contributed by atoms with Crippen molar-refractivity contribution in [3.8, 4) is 0 Å². The molecule has 3 heteroatoms. The van der Waals surface area contributed by atoms with Crippen LogP contribution in [0, 0.1) is 6.92 Å². The largest absolute Gasteiger partial charge is 0.482 e. The van der Waals surface area contributed by atoms with Crippen LogP contribution >= 0.6 is 12.2 Å². The molecule has 0 fully saturated rings. The number of rotatable bonds is 2. The molecular formula is C9H11NOS. The summed E-state index contributed by atoms with van der Waals surface area (Å²) < 4.78 is 5.18. The Morgan fingerprint density at radius 2 is 2.42 bits per heavy atom. The Balaban J connectivity index is 2.87. The minimum absolute atomic E-state index is 0.482. The van der Waals surface area contributed by atoms with Crippen molar-refractivity contribution in [1.29, 1.82) is 0 Å². The van der Waals surface area contributed by atoms with Gasteiger partial charge >= 0.3 is 0 Å². The Morgan fingerprint density at radius 1 is 1.67 bits per heavy atom. The molecule has 0 amide bonds. The van der Waals surface area contributed by atoms with Gasteiger partial charge in [-0.15, -0.1) is 0 Å². The van der Waals surface area contributed by atoms with Gasteiger partial charge in [0.1, 0.15) is 5.69 Å². The number of hydrogen-bond acceptors (Lipinski definition) is 3. The summed E-state index contributed by atoms with van der Waals surface area (Å²) in [7, 11) is 0. The molecule has 0 bridgehead atoms. The molecule has 2 nitrogen and oxygen atoms in total. The number of aromatic nitrogens is 1. The van der Waals surface area contributed by atoms with E-state index < -0.39 is 0 Å². The molecular weight excluding hydrogens is 170 g/mol. The second kappa shape index (κ2) is 4.16. The van der Waals surface area contributed by atoms with Crippen molar-refractivity contribution >= 4 is 17.3 Å². The van der Waals surface area contributed by atoms with Gasteiger partial charge in [-0.25, -0.2) is 0 Å². The minimum atomic E-state index is 0.482. The van der Waals surface area contributed by atoms with Crippen LogP contribution in [0.1, 0.15) is 18.2 Å². The van der Waals surface area contributed by atoms with Gasteiger partial charge in [0.05, 0.1) is 6.61 Å². The summed E-state index contributed by atoms with van der Waals surface area (Å²) in [4.78, 5) is 4.13. The van der Waals surface area contributed by atoms with E-state index >= 15 is 0 Å². The zero-order valence-electron chi connectivity index (χ0n) is 7.20. The van der Waals surface area contributed by atoms with Crippen molar-refractivity contribution in [2.24, 2.45) is 0 Å². The summed E-state index contributed by atoms with van der Waals surface area (Å²) in [6.07, 6.45) is 1.72. The van der Waals surface area contributed by atoms with Gasteiger partial charge in [0.15, 0.2) is 0 Å². The number of aryl methyl sites for hydroxylation is 1. The first kappa shape index (κ1) is 9.13. The summed E-state index contributed by atoms with van der Waals surface area (Å²) in [5, 5.41) is 0.482. The van der Waals surface area contributed by atoms with E-state index in [1.807, 2.05) is 26.0 Å². The summed E-state index contributed by atoms with van der Waals surface area (Å²) in [5.41, 5.74) is 1.82. The summed E-state index contributed by atoms with van der Waals surface area (Å²) in [6.45, 7) is 4.47. The maximum absolute atomic E-state index is 5.18. The highest BCUT2D eigenvalue weighted by Gasteiger charge is 2.04. The molecule has 0 aliphatic carbocycles. The van der Waals surface area contributed by atoms with E-state index in [1.165, 1.54) is 0 Å². The van der Waals surface area contributed by atoms with Crippen LogP contribution < -0.4 is 0 Å². The van der Waals surface area contributed by atoms with E-state index in [-0.39, 0.29) is 0 Å². The molecule has 1 aromatic heterocycles. The molecule has 0 saturated heterocycles. The molecule has 64 valence electrons. The number of hydrogen-bond donors (Lipinski definition) is 0. The summed E-state index contributed by atoms with van der Waals surface area (Å²) >= 11 is 5.02. The van der Waals surface area contributed by atoms with Gasteiger partial charge in [0, 0.05) is 6.20 Å². The number of pyridine rings is 1. The third-order valence-electron chi connectivity index (χ3n) is 1.48. The fourth-order valence-electron chi connectivity index (χ4n) is 0.899. The van der Waals surface area contributed by atoms with Gasteiger partial charge in [-0.2, -0.15) is 0 Å². The fraction of sp³-hybridized carbons (Fsp3) is 0.333. The van der Waals surface area contributed by atoms with Gasteiger partial charge in [-0.1, -0.05) is 6.07 Å². The lowest BCUT2D eigenvalue weighted by Crippen LogP contribution is -2.07. The van der Waals surface area contributed by atoms with Crippen LogP contribution in [-0.4, -0.2) is 16.6 Å². The SMILES string of the molecule is CCOC(=S)c1ncccc1C. The van der Waals surface area contributed by atoms with Gasteiger partial charge in [0.2, 0.25) is 5.05 Å². The van der Waals surface area contributed by atoms with Crippen LogP contribution in [0.3, 0.4) is 0 Å². The van der Waals surface area contributed by atoms with Crippen molar-refractivity contribution < 1.29 is 4.74 Å². The van der Waals surface area contributed by atoms with Gasteiger partial charge < -0.3 is 4.74 Å². The van der Waals surface area contributed by atoms with E-state index in [9.17, 15) is 0 Å². The van der Waals surface area contributed by atoms with Crippen LogP contribution in [0.5, 0.6) is 0 Å². The first-order chi connectivity index (χ1) is 5.75. The molecule has 0 N–H and O–H groups in total. The van der Waals surface area contributed by atoms with E-state index in [0.717, 1.165) is 11.3 Å². The Bertz CT molecular complexity index is 286. The molecule has 0 aliphatic rings. The zero-order valence-corrected chi connectivity index (χ0v) is 8.02. The lowest BCUT2D eigenvalue weighted by atomic mass is 10.2. The zero-order chi connectivity index (χ0) is 8.97. The Morgan fingerprint density at radius 3 is 3.00 bits per heavy atom. The highest BCUT2D eigenvalue weighted by Crippen LogP contribution is 2.05. The summed E-state index contributed by atoms with van der Waals surface area (Å²) in [5.74, 6) is 0. The fourth-order valence-corrected chi connectivity index (χ4v) is 1.23. The quantitative estimate of drug-likeness (QED) is 0.652. The Hall–Kier alpha value is -0.960. The van der Waals surface area contributed by atoms with Gasteiger partial charge in [0.25, 0.3) is 0 Å². The molecule has 1 aromatic rings. The highest BCUT2D eigenvalue weighted by molar-refractivity contribution is 7.80. The average Bonchev–Trinajstić information content (AvgIpc) is 2.05. The molecule has 0 aliphatic heterocycles. The standard InChI is InChI=1S/C9H11NOS/c1-3-11-9(12)8-7(2)5-4-6-10-8/h4-6H,3H2,1-2H3. The van der Waals surface area contributed by atoms with E-state index in [4.69, 9.17) is 17.0 Å². The first-order valence-electron chi connectivity index (χ1n) is 3.84. The molecule has 0 atom stereocenters. The monoisotopic (exact) mass is 181 g/mol. The molecule has 0 saturated carbocycles. The van der Waals surface area contributed by atoms with Gasteiger partial charge in [-0.05, 0) is 37.7 Å². The van der Waals surface area contributed by atoms with Crippen molar-refractivity contribution in [2.75, 3.05) is 6.61 Å². The minimum Gasteiger partial charge on any atom is -0.482 e. The number of nitrogens with zero attached hydrogens (tertiary/aromatic N) is 1. The first-order valence-corrected chi connectivity index (χ1v) is 4.25.